The average molecular weight is 294 g/mol. The Morgan fingerprint density at radius 2 is 2.10 bits per heavy atom. The van der Waals surface area contributed by atoms with Crippen molar-refractivity contribution in [1.82, 2.24) is 4.90 Å². The van der Waals surface area contributed by atoms with Gasteiger partial charge in [0.1, 0.15) is 6.04 Å². The number of hydrogen-bond acceptors (Lipinski definition) is 5. The van der Waals surface area contributed by atoms with Crippen LogP contribution in [0.4, 0.5) is 5.69 Å². The molecule has 0 aliphatic carbocycles. The third kappa shape index (κ3) is 2.84. The summed E-state index contributed by atoms with van der Waals surface area (Å²) in [6.45, 7) is 1.45. The number of aliphatic hydroxyl groups is 1. The van der Waals surface area contributed by atoms with Crippen molar-refractivity contribution in [2.45, 2.75) is 25.5 Å². The number of β-amino-alcohol motifs (C(OH)–C–C–N with tert-alkyl or cyclic N) is 1. The molecular formula is C13H14N2O6. The number of nitro groups is 1. The van der Waals surface area contributed by atoms with Gasteiger partial charge < -0.3 is 15.1 Å². The molecule has 1 aliphatic rings. The van der Waals surface area contributed by atoms with Crippen LogP contribution in [0.1, 0.15) is 22.3 Å². The van der Waals surface area contributed by atoms with Crippen molar-refractivity contribution in [3.63, 3.8) is 0 Å². The zero-order valence-electron chi connectivity index (χ0n) is 11.2. The van der Waals surface area contributed by atoms with Crippen LogP contribution in [0.25, 0.3) is 0 Å². The predicted molar refractivity (Wildman–Crippen MR) is 70.9 cm³/mol. The maximum Gasteiger partial charge on any atom is 0.326 e. The van der Waals surface area contributed by atoms with Gasteiger partial charge in [-0.25, -0.2) is 4.79 Å². The number of amides is 1. The number of nitro benzene ring substituents is 1. The van der Waals surface area contributed by atoms with Crippen molar-refractivity contribution in [2.75, 3.05) is 6.54 Å². The van der Waals surface area contributed by atoms with Crippen LogP contribution in [0.2, 0.25) is 0 Å². The Hall–Kier alpha value is -2.48. The second-order valence-electron chi connectivity index (χ2n) is 4.96. The topological polar surface area (TPSA) is 121 Å². The van der Waals surface area contributed by atoms with Crippen LogP contribution in [-0.2, 0) is 4.79 Å². The highest BCUT2D eigenvalue weighted by Crippen LogP contribution is 2.24. The van der Waals surface area contributed by atoms with Crippen LogP contribution < -0.4 is 0 Å². The molecule has 1 aromatic rings. The van der Waals surface area contributed by atoms with Crippen molar-refractivity contribution in [3.05, 3.63) is 39.4 Å². The molecule has 0 bridgehead atoms. The fourth-order valence-electron chi connectivity index (χ4n) is 2.38. The molecule has 1 aromatic carbocycles. The lowest BCUT2D eigenvalue weighted by atomic mass is 10.1. The van der Waals surface area contributed by atoms with Gasteiger partial charge in [0, 0.05) is 30.2 Å². The second-order valence-corrected chi connectivity index (χ2v) is 4.96. The molecule has 0 unspecified atom stereocenters. The SMILES string of the molecule is Cc1ccc(C(=O)N2C[C@H](O)C[C@H]2C(=O)O)cc1[N+](=O)[O-]. The Bertz CT molecular complexity index is 615. The van der Waals surface area contributed by atoms with Crippen LogP contribution in [0.5, 0.6) is 0 Å². The first-order valence-electron chi connectivity index (χ1n) is 6.28. The fourth-order valence-corrected chi connectivity index (χ4v) is 2.38. The van der Waals surface area contributed by atoms with Crippen LogP contribution in [0.15, 0.2) is 18.2 Å². The fraction of sp³-hybridized carbons (Fsp3) is 0.385. The normalized spacial score (nSPS) is 21.3. The Morgan fingerprint density at radius 3 is 2.67 bits per heavy atom. The molecule has 0 spiro atoms. The highest BCUT2D eigenvalue weighted by atomic mass is 16.6. The van der Waals surface area contributed by atoms with Gasteiger partial charge in [-0.15, -0.1) is 0 Å². The number of aryl methyl sites for hydroxylation is 1. The largest absolute Gasteiger partial charge is 0.480 e. The van der Waals surface area contributed by atoms with Crippen molar-refractivity contribution >= 4 is 17.6 Å². The van der Waals surface area contributed by atoms with E-state index in [4.69, 9.17) is 5.11 Å². The molecule has 1 amide bonds. The third-order valence-corrected chi connectivity index (χ3v) is 3.48. The van der Waals surface area contributed by atoms with Crippen molar-refractivity contribution in [1.29, 1.82) is 0 Å². The zero-order valence-corrected chi connectivity index (χ0v) is 11.2. The molecule has 8 heteroatoms. The second kappa shape index (κ2) is 5.49. The summed E-state index contributed by atoms with van der Waals surface area (Å²) >= 11 is 0. The van der Waals surface area contributed by atoms with Crippen LogP contribution >= 0.6 is 0 Å². The Morgan fingerprint density at radius 1 is 1.43 bits per heavy atom. The molecule has 1 heterocycles. The van der Waals surface area contributed by atoms with E-state index in [9.17, 15) is 24.8 Å². The third-order valence-electron chi connectivity index (χ3n) is 3.48. The summed E-state index contributed by atoms with van der Waals surface area (Å²) in [5, 5.41) is 29.5. The summed E-state index contributed by atoms with van der Waals surface area (Å²) in [5.41, 5.74) is 0.243. The maximum atomic E-state index is 12.3. The molecular weight excluding hydrogens is 280 g/mol. The lowest BCUT2D eigenvalue weighted by Gasteiger charge is -2.21. The van der Waals surface area contributed by atoms with E-state index in [0.717, 1.165) is 11.0 Å². The van der Waals surface area contributed by atoms with E-state index in [1.54, 1.807) is 6.92 Å². The molecule has 1 saturated heterocycles. The van der Waals surface area contributed by atoms with E-state index in [2.05, 4.69) is 0 Å². The molecule has 0 aromatic heterocycles. The van der Waals surface area contributed by atoms with Gasteiger partial charge in [-0.2, -0.15) is 0 Å². The number of rotatable bonds is 3. The minimum Gasteiger partial charge on any atom is -0.480 e. The highest BCUT2D eigenvalue weighted by Gasteiger charge is 2.39. The van der Waals surface area contributed by atoms with E-state index in [1.165, 1.54) is 12.1 Å². The van der Waals surface area contributed by atoms with E-state index in [0.29, 0.717) is 5.56 Å². The molecule has 0 saturated carbocycles. The molecule has 8 nitrogen and oxygen atoms in total. The van der Waals surface area contributed by atoms with Gasteiger partial charge in [0.15, 0.2) is 0 Å². The summed E-state index contributed by atoms with van der Waals surface area (Å²) in [5.74, 6) is -1.84. The van der Waals surface area contributed by atoms with Gasteiger partial charge in [0.05, 0.1) is 11.0 Å². The molecule has 2 rings (SSSR count). The number of aliphatic carboxylic acids is 1. The number of likely N-dealkylation sites (tertiary alicyclic amines) is 1. The van der Waals surface area contributed by atoms with Gasteiger partial charge in [-0.1, -0.05) is 6.07 Å². The number of aliphatic hydroxyl groups excluding tert-OH is 1. The number of carbonyl (C=O) groups excluding carboxylic acids is 1. The molecule has 1 aliphatic heterocycles. The number of hydrogen-bond donors (Lipinski definition) is 2. The maximum absolute atomic E-state index is 12.3. The summed E-state index contributed by atoms with van der Waals surface area (Å²) in [4.78, 5) is 34.8. The van der Waals surface area contributed by atoms with Gasteiger partial charge in [0.25, 0.3) is 11.6 Å². The standard InChI is InChI=1S/C13H14N2O6/c1-7-2-3-8(4-10(7)15(20)21)12(17)14-6-9(16)5-11(14)13(18)19/h2-4,9,11,16H,5-6H2,1H3,(H,18,19)/t9-,11+/m1/s1. The Kier molecular flexibility index (Phi) is 3.90. The van der Waals surface area contributed by atoms with Gasteiger partial charge in [-0.3, -0.25) is 14.9 Å². The van der Waals surface area contributed by atoms with Gasteiger partial charge in [0.2, 0.25) is 0 Å². The molecule has 0 radical (unpaired) electrons. The monoisotopic (exact) mass is 294 g/mol. The quantitative estimate of drug-likeness (QED) is 0.620. The number of carbonyl (C=O) groups is 2. The zero-order chi connectivity index (χ0) is 15.7. The molecule has 21 heavy (non-hydrogen) atoms. The van der Waals surface area contributed by atoms with Crippen molar-refractivity contribution in [2.24, 2.45) is 0 Å². The lowest BCUT2D eigenvalue weighted by Crippen LogP contribution is -2.40. The van der Waals surface area contributed by atoms with E-state index < -0.39 is 28.9 Å². The number of benzene rings is 1. The lowest BCUT2D eigenvalue weighted by molar-refractivity contribution is -0.385. The van der Waals surface area contributed by atoms with Crippen LogP contribution in [0.3, 0.4) is 0 Å². The van der Waals surface area contributed by atoms with Crippen LogP contribution in [0, 0.1) is 17.0 Å². The van der Waals surface area contributed by atoms with Crippen molar-refractivity contribution in [3.8, 4) is 0 Å². The molecule has 112 valence electrons. The minimum atomic E-state index is -1.21. The first-order chi connectivity index (χ1) is 9.81. The highest BCUT2D eigenvalue weighted by molar-refractivity contribution is 5.97. The summed E-state index contributed by atoms with van der Waals surface area (Å²) in [6.07, 6.45) is -0.954. The summed E-state index contributed by atoms with van der Waals surface area (Å²) in [7, 11) is 0. The summed E-state index contributed by atoms with van der Waals surface area (Å²) in [6, 6.07) is 2.86. The average Bonchev–Trinajstić information content (AvgIpc) is 2.80. The number of carboxylic acids is 1. The van der Waals surface area contributed by atoms with E-state index in [1.807, 2.05) is 0 Å². The molecule has 1 fully saturated rings. The first kappa shape index (κ1) is 14.9. The van der Waals surface area contributed by atoms with Gasteiger partial charge in [-0.05, 0) is 13.0 Å². The predicted octanol–water partition coefficient (Wildman–Crippen LogP) is 0.563. The first-order valence-corrected chi connectivity index (χ1v) is 6.28. The van der Waals surface area contributed by atoms with Crippen LogP contribution in [-0.4, -0.2) is 50.6 Å². The number of nitrogens with zero attached hydrogens (tertiary/aromatic N) is 2. The van der Waals surface area contributed by atoms with E-state index >= 15 is 0 Å². The van der Waals surface area contributed by atoms with E-state index in [-0.39, 0.29) is 24.2 Å². The van der Waals surface area contributed by atoms with Gasteiger partial charge >= 0.3 is 5.97 Å². The Labute approximate surface area is 119 Å². The smallest absolute Gasteiger partial charge is 0.326 e. The molecule has 2 N–H and O–H groups in total. The Balaban J connectivity index is 2.33. The number of carboxylic acid groups (broad SMARTS) is 1. The minimum absolute atomic E-state index is 0.0349. The van der Waals surface area contributed by atoms with Crippen molar-refractivity contribution < 1.29 is 24.7 Å². The molecule has 2 atom stereocenters. The summed E-state index contributed by atoms with van der Waals surface area (Å²) < 4.78 is 0.